The molecule has 0 N–H and O–H groups in total. The lowest BCUT2D eigenvalue weighted by Gasteiger charge is -2.30. The summed E-state index contributed by atoms with van der Waals surface area (Å²) in [6.45, 7) is 3.70. The number of methoxy groups -OCH3 is 1. The molecule has 0 amide bonds. The highest BCUT2D eigenvalue weighted by molar-refractivity contribution is 5.68. The molecule has 2 unspecified atom stereocenters. The van der Waals surface area contributed by atoms with Crippen molar-refractivity contribution in [3.63, 3.8) is 0 Å². The highest BCUT2D eigenvalue weighted by Gasteiger charge is 2.43. The lowest BCUT2D eigenvalue weighted by atomic mass is 9.88. The second-order valence-electron chi connectivity index (χ2n) is 11.3. The molecule has 0 bridgehead atoms. The quantitative estimate of drug-likeness (QED) is 0.109. The van der Waals surface area contributed by atoms with Gasteiger partial charge in [0.05, 0.1) is 19.3 Å². The van der Waals surface area contributed by atoms with E-state index in [0.29, 0.717) is 12.8 Å². The Labute approximate surface area is 230 Å². The minimum absolute atomic E-state index is 0.00939. The van der Waals surface area contributed by atoms with Crippen LogP contribution in [0, 0.1) is 11.8 Å². The van der Waals surface area contributed by atoms with Crippen LogP contribution < -0.4 is 0 Å². The van der Waals surface area contributed by atoms with E-state index < -0.39 is 6.17 Å². The third-order valence-electron chi connectivity index (χ3n) is 8.31. The van der Waals surface area contributed by atoms with E-state index in [0.717, 1.165) is 96.7 Å². The Morgan fingerprint density at radius 3 is 2.39 bits per heavy atom. The van der Waals surface area contributed by atoms with Crippen molar-refractivity contribution in [2.45, 2.75) is 147 Å². The summed E-state index contributed by atoms with van der Waals surface area (Å²) in [7, 11) is 1.43. The Hall–Kier alpha value is -1.02. The fourth-order valence-corrected chi connectivity index (χ4v) is 6.05. The number of rotatable bonds is 17. The van der Waals surface area contributed by atoms with Gasteiger partial charge in [0, 0.05) is 32.0 Å². The van der Waals surface area contributed by atoms with E-state index in [1.807, 2.05) is 0 Å². The van der Waals surface area contributed by atoms with E-state index in [1.54, 1.807) is 0 Å². The van der Waals surface area contributed by atoms with Crippen LogP contribution in [-0.4, -0.2) is 57.3 Å². The van der Waals surface area contributed by atoms with Crippen LogP contribution in [0.2, 0.25) is 0 Å². The second-order valence-corrected chi connectivity index (χ2v) is 11.3. The van der Waals surface area contributed by atoms with Gasteiger partial charge in [-0.3, -0.25) is 4.79 Å². The Bertz CT molecular complexity index is 661. The standard InChI is InChI=1S/C31H53FO6/c1-3-4-7-14-24(37-30-17-10-12-21-35-30)19-20-26-25(15-8-5-6-9-16-29(33)34-2)27(32)23-28(26)38-31-18-11-13-22-36-31/h19-20,24-28,30-31H,3-18,21-23H2,1-2H3/b20-19+/t24-,25+,26+,27+,28+,30?,31?/m0/s1. The van der Waals surface area contributed by atoms with Crippen molar-refractivity contribution in [2.75, 3.05) is 20.3 Å². The van der Waals surface area contributed by atoms with Gasteiger partial charge in [-0.1, -0.05) is 57.6 Å². The molecule has 1 saturated carbocycles. The molecule has 7 atom stereocenters. The van der Waals surface area contributed by atoms with Crippen molar-refractivity contribution in [3.8, 4) is 0 Å². The smallest absolute Gasteiger partial charge is 0.305 e. The van der Waals surface area contributed by atoms with Gasteiger partial charge in [0.15, 0.2) is 12.6 Å². The molecule has 7 heteroatoms. The van der Waals surface area contributed by atoms with E-state index in [4.69, 9.17) is 23.7 Å². The van der Waals surface area contributed by atoms with Crippen LogP contribution in [0.3, 0.4) is 0 Å². The van der Waals surface area contributed by atoms with Gasteiger partial charge in [-0.05, 0) is 63.7 Å². The van der Waals surface area contributed by atoms with Crippen molar-refractivity contribution < 1.29 is 32.9 Å². The molecule has 3 rings (SSSR count). The van der Waals surface area contributed by atoms with Gasteiger partial charge in [0.1, 0.15) is 6.17 Å². The molecule has 0 radical (unpaired) electrons. The van der Waals surface area contributed by atoms with Crippen LogP contribution in [0.25, 0.3) is 0 Å². The Balaban J connectivity index is 1.61. The van der Waals surface area contributed by atoms with E-state index in [9.17, 15) is 4.79 Å². The van der Waals surface area contributed by atoms with Gasteiger partial charge in [-0.25, -0.2) is 4.39 Å². The molecule has 2 saturated heterocycles. The summed E-state index contributed by atoms with van der Waals surface area (Å²) in [6.07, 6.45) is 19.0. The van der Waals surface area contributed by atoms with Crippen LogP contribution in [0.5, 0.6) is 0 Å². The molecule has 3 fully saturated rings. The van der Waals surface area contributed by atoms with Gasteiger partial charge in [0.25, 0.3) is 0 Å². The Kier molecular flexibility index (Phi) is 15.2. The molecular formula is C31H53FO6. The van der Waals surface area contributed by atoms with Gasteiger partial charge < -0.3 is 23.7 Å². The van der Waals surface area contributed by atoms with Gasteiger partial charge in [0.2, 0.25) is 0 Å². The summed E-state index contributed by atoms with van der Waals surface area (Å²) in [6, 6.07) is 0. The highest BCUT2D eigenvalue weighted by Crippen LogP contribution is 2.42. The van der Waals surface area contributed by atoms with E-state index in [-0.39, 0.29) is 42.6 Å². The molecule has 0 aromatic heterocycles. The van der Waals surface area contributed by atoms with Crippen LogP contribution in [-0.2, 0) is 28.5 Å². The second kappa shape index (κ2) is 18.4. The number of halogens is 1. The maximum Gasteiger partial charge on any atom is 0.305 e. The van der Waals surface area contributed by atoms with Gasteiger partial charge in [-0.2, -0.15) is 0 Å². The number of ether oxygens (including phenoxy) is 5. The number of esters is 1. The zero-order valence-electron chi connectivity index (χ0n) is 24.0. The lowest BCUT2D eigenvalue weighted by Crippen LogP contribution is -2.31. The number of carbonyl (C=O) groups is 1. The van der Waals surface area contributed by atoms with Crippen LogP contribution >= 0.6 is 0 Å². The molecule has 2 aliphatic heterocycles. The third kappa shape index (κ3) is 11.2. The monoisotopic (exact) mass is 540 g/mol. The zero-order valence-corrected chi connectivity index (χ0v) is 24.0. The summed E-state index contributed by atoms with van der Waals surface area (Å²) in [4.78, 5) is 11.4. The number of hydrogen-bond acceptors (Lipinski definition) is 6. The molecule has 38 heavy (non-hydrogen) atoms. The molecular weight excluding hydrogens is 487 g/mol. The summed E-state index contributed by atoms with van der Waals surface area (Å²) in [5.41, 5.74) is 0. The van der Waals surface area contributed by atoms with Crippen LogP contribution in [0.1, 0.15) is 116 Å². The molecule has 0 spiro atoms. The minimum atomic E-state index is -0.880. The molecule has 3 aliphatic rings. The number of unbranched alkanes of at least 4 members (excludes halogenated alkanes) is 5. The van der Waals surface area contributed by atoms with Crippen molar-refractivity contribution in [1.82, 2.24) is 0 Å². The fourth-order valence-electron chi connectivity index (χ4n) is 6.05. The normalized spacial score (nSPS) is 31.0. The van der Waals surface area contributed by atoms with Crippen LogP contribution in [0.4, 0.5) is 4.39 Å². The summed E-state index contributed by atoms with van der Waals surface area (Å²) < 4.78 is 44.7. The first kappa shape index (κ1) is 31.5. The maximum absolute atomic E-state index is 15.4. The van der Waals surface area contributed by atoms with E-state index in [2.05, 4.69) is 19.1 Å². The minimum Gasteiger partial charge on any atom is -0.469 e. The topological polar surface area (TPSA) is 63.2 Å². The molecule has 6 nitrogen and oxygen atoms in total. The first-order chi connectivity index (χ1) is 18.6. The molecule has 0 aromatic rings. The summed E-state index contributed by atoms with van der Waals surface area (Å²) in [5, 5.41) is 0. The predicted octanol–water partition coefficient (Wildman–Crippen LogP) is 7.43. The number of carbonyl (C=O) groups excluding carboxylic acids is 1. The summed E-state index contributed by atoms with van der Waals surface area (Å²) in [5.74, 6) is -0.216. The highest BCUT2D eigenvalue weighted by atomic mass is 19.1. The van der Waals surface area contributed by atoms with E-state index >= 15 is 4.39 Å². The molecule has 2 heterocycles. The molecule has 0 aromatic carbocycles. The first-order valence-electron chi connectivity index (χ1n) is 15.5. The first-order valence-corrected chi connectivity index (χ1v) is 15.5. The van der Waals surface area contributed by atoms with Gasteiger partial charge in [-0.15, -0.1) is 0 Å². The van der Waals surface area contributed by atoms with Crippen molar-refractivity contribution in [1.29, 1.82) is 0 Å². The molecule has 220 valence electrons. The average Bonchev–Trinajstić information content (AvgIpc) is 3.23. The Morgan fingerprint density at radius 2 is 1.71 bits per heavy atom. The molecule has 1 aliphatic carbocycles. The van der Waals surface area contributed by atoms with Gasteiger partial charge >= 0.3 is 5.97 Å². The van der Waals surface area contributed by atoms with Crippen molar-refractivity contribution in [2.24, 2.45) is 11.8 Å². The number of alkyl halides is 1. The lowest BCUT2D eigenvalue weighted by molar-refractivity contribution is -0.193. The fraction of sp³-hybridized carbons (Fsp3) is 0.903. The summed E-state index contributed by atoms with van der Waals surface area (Å²) >= 11 is 0. The Morgan fingerprint density at radius 1 is 0.974 bits per heavy atom. The largest absolute Gasteiger partial charge is 0.469 e. The maximum atomic E-state index is 15.4. The zero-order chi connectivity index (χ0) is 27.0. The third-order valence-corrected chi connectivity index (χ3v) is 8.31. The SMILES string of the molecule is CCCCC[C@@H](/C=C/[C@@H]1[C@@H](CCCCCCC(=O)OC)[C@H](F)C[C@H]1OC1CCCCO1)OC1CCCCO1. The van der Waals surface area contributed by atoms with E-state index in [1.165, 1.54) is 20.0 Å². The number of hydrogen-bond donors (Lipinski definition) is 0. The van der Waals surface area contributed by atoms with Crippen molar-refractivity contribution in [3.05, 3.63) is 12.2 Å². The van der Waals surface area contributed by atoms with Crippen LogP contribution in [0.15, 0.2) is 12.2 Å². The predicted molar refractivity (Wildman–Crippen MR) is 146 cm³/mol. The average molecular weight is 541 g/mol. The van der Waals surface area contributed by atoms with Crippen molar-refractivity contribution >= 4 is 5.97 Å².